The second kappa shape index (κ2) is 7.08. The normalized spacial score (nSPS) is 21.0. The standard InChI is InChI=1S/C17H21ClFIN2O3/c1-17(2,3)25-16(23)22-5-4-21-7-10-6-12(19)14(20)13(18)15(10)24-9-11(21)8-22/h6,11H,4-5,7-9H2,1-3H3/t11-/m1/s1. The maximum Gasteiger partial charge on any atom is 0.410 e. The molecule has 25 heavy (non-hydrogen) atoms. The van der Waals surface area contributed by atoms with Gasteiger partial charge in [-0.25, -0.2) is 9.18 Å². The predicted octanol–water partition coefficient (Wildman–Crippen LogP) is 3.90. The molecule has 5 nitrogen and oxygen atoms in total. The van der Waals surface area contributed by atoms with Crippen LogP contribution in [0.15, 0.2) is 6.07 Å². The molecular formula is C17H21ClFIN2O3. The van der Waals surface area contributed by atoms with Gasteiger partial charge in [0, 0.05) is 31.7 Å². The minimum absolute atomic E-state index is 0.0189. The quantitative estimate of drug-likeness (QED) is 0.416. The molecule has 0 spiro atoms. The molecule has 1 amide bonds. The monoisotopic (exact) mass is 482 g/mol. The summed E-state index contributed by atoms with van der Waals surface area (Å²) in [6.45, 7) is 8.27. The lowest BCUT2D eigenvalue weighted by molar-refractivity contribution is -0.00154. The fourth-order valence-corrected chi connectivity index (χ4v) is 3.72. The molecule has 0 bridgehead atoms. The number of hydrogen-bond acceptors (Lipinski definition) is 4. The minimum Gasteiger partial charge on any atom is -0.490 e. The molecule has 1 atom stereocenters. The van der Waals surface area contributed by atoms with Crippen molar-refractivity contribution in [2.45, 2.75) is 39.0 Å². The van der Waals surface area contributed by atoms with Gasteiger partial charge in [-0.15, -0.1) is 0 Å². The fraction of sp³-hybridized carbons (Fsp3) is 0.588. The van der Waals surface area contributed by atoms with Crippen molar-refractivity contribution in [1.82, 2.24) is 9.80 Å². The largest absolute Gasteiger partial charge is 0.490 e. The van der Waals surface area contributed by atoms with Crippen LogP contribution in [0.4, 0.5) is 9.18 Å². The highest BCUT2D eigenvalue weighted by molar-refractivity contribution is 14.1. The molecule has 2 heterocycles. The van der Waals surface area contributed by atoms with E-state index in [-0.39, 0.29) is 18.0 Å². The molecular weight excluding hydrogens is 462 g/mol. The number of piperazine rings is 1. The van der Waals surface area contributed by atoms with Gasteiger partial charge >= 0.3 is 6.09 Å². The Hall–Kier alpha value is -0.800. The zero-order valence-corrected chi connectivity index (χ0v) is 17.4. The molecule has 0 N–H and O–H groups in total. The molecule has 2 aliphatic heterocycles. The van der Waals surface area contributed by atoms with Crippen LogP contribution in [-0.2, 0) is 11.3 Å². The predicted molar refractivity (Wildman–Crippen MR) is 102 cm³/mol. The van der Waals surface area contributed by atoms with E-state index in [0.29, 0.717) is 47.1 Å². The molecule has 1 saturated heterocycles. The van der Waals surface area contributed by atoms with E-state index in [1.807, 2.05) is 43.4 Å². The van der Waals surface area contributed by atoms with Gasteiger partial charge in [-0.2, -0.15) is 0 Å². The zero-order valence-electron chi connectivity index (χ0n) is 14.4. The average Bonchev–Trinajstić information content (AvgIpc) is 2.69. The van der Waals surface area contributed by atoms with Gasteiger partial charge in [-0.1, -0.05) is 11.6 Å². The van der Waals surface area contributed by atoms with Gasteiger partial charge in [-0.3, -0.25) is 4.90 Å². The number of halogens is 3. The van der Waals surface area contributed by atoms with Gasteiger partial charge < -0.3 is 14.4 Å². The smallest absolute Gasteiger partial charge is 0.410 e. The van der Waals surface area contributed by atoms with Crippen LogP contribution in [0.3, 0.4) is 0 Å². The summed E-state index contributed by atoms with van der Waals surface area (Å²) in [5.41, 5.74) is 0.225. The first-order valence-corrected chi connectivity index (χ1v) is 9.62. The molecule has 0 saturated carbocycles. The number of fused-ring (bicyclic) bond motifs is 2. The van der Waals surface area contributed by atoms with Crippen molar-refractivity contribution in [2.75, 3.05) is 26.2 Å². The van der Waals surface area contributed by atoms with E-state index >= 15 is 0 Å². The molecule has 8 heteroatoms. The molecule has 1 aromatic carbocycles. The van der Waals surface area contributed by atoms with Crippen molar-refractivity contribution < 1.29 is 18.7 Å². The molecule has 0 radical (unpaired) electrons. The molecule has 0 aliphatic carbocycles. The van der Waals surface area contributed by atoms with Crippen LogP contribution in [0, 0.1) is 9.39 Å². The number of rotatable bonds is 0. The average molecular weight is 483 g/mol. The van der Waals surface area contributed by atoms with Crippen LogP contribution >= 0.6 is 34.2 Å². The van der Waals surface area contributed by atoms with Gasteiger partial charge in [0.05, 0.1) is 14.6 Å². The highest BCUT2D eigenvalue weighted by Gasteiger charge is 2.35. The van der Waals surface area contributed by atoms with E-state index in [9.17, 15) is 9.18 Å². The number of amides is 1. The number of carbonyl (C=O) groups excluding carboxylic acids is 1. The second-order valence-electron chi connectivity index (χ2n) is 7.34. The minimum atomic E-state index is -0.522. The Bertz CT molecular complexity index is 695. The lowest BCUT2D eigenvalue weighted by Crippen LogP contribution is -2.56. The maximum atomic E-state index is 14.0. The van der Waals surface area contributed by atoms with E-state index in [0.717, 1.165) is 5.56 Å². The molecule has 2 aliphatic rings. The summed E-state index contributed by atoms with van der Waals surface area (Å²) in [6.07, 6.45) is -0.312. The van der Waals surface area contributed by atoms with Crippen molar-refractivity contribution in [3.05, 3.63) is 26.0 Å². The van der Waals surface area contributed by atoms with E-state index < -0.39 is 5.60 Å². The van der Waals surface area contributed by atoms with E-state index in [4.69, 9.17) is 21.1 Å². The van der Waals surface area contributed by atoms with Crippen LogP contribution in [0.5, 0.6) is 5.75 Å². The summed E-state index contributed by atoms with van der Waals surface area (Å²) in [7, 11) is 0. The zero-order chi connectivity index (χ0) is 18.4. The van der Waals surface area contributed by atoms with Gasteiger partial charge in [0.2, 0.25) is 0 Å². The first kappa shape index (κ1) is 19.0. The SMILES string of the molecule is CC(C)(C)OC(=O)N1CCN2Cc3cc(F)c(I)c(Cl)c3OC[C@H]2C1. The van der Waals surface area contributed by atoms with Crippen molar-refractivity contribution in [3.63, 3.8) is 0 Å². The van der Waals surface area contributed by atoms with E-state index in [1.165, 1.54) is 6.07 Å². The highest BCUT2D eigenvalue weighted by Crippen LogP contribution is 2.38. The summed E-state index contributed by atoms with van der Waals surface area (Å²) in [4.78, 5) is 16.2. The summed E-state index contributed by atoms with van der Waals surface area (Å²) in [5.74, 6) is 0.212. The highest BCUT2D eigenvalue weighted by atomic mass is 127. The molecule has 1 aromatic rings. The Morgan fingerprint density at radius 3 is 2.84 bits per heavy atom. The summed E-state index contributed by atoms with van der Waals surface area (Å²) in [6, 6.07) is 1.51. The lowest BCUT2D eigenvalue weighted by Gasteiger charge is -2.40. The Kier molecular flexibility index (Phi) is 5.37. The van der Waals surface area contributed by atoms with Crippen LogP contribution in [-0.4, -0.2) is 53.8 Å². The van der Waals surface area contributed by atoms with Crippen LogP contribution in [0.2, 0.25) is 5.02 Å². The topological polar surface area (TPSA) is 42.0 Å². The molecule has 1 fully saturated rings. The Morgan fingerprint density at radius 1 is 1.44 bits per heavy atom. The van der Waals surface area contributed by atoms with Crippen LogP contribution in [0.1, 0.15) is 26.3 Å². The number of carbonyl (C=O) groups is 1. The summed E-state index contributed by atoms with van der Waals surface area (Å²) >= 11 is 8.15. The van der Waals surface area contributed by atoms with Crippen molar-refractivity contribution in [3.8, 4) is 5.75 Å². The third-order valence-corrected chi connectivity index (χ3v) is 5.98. The maximum absolute atomic E-state index is 14.0. The Labute approximate surface area is 165 Å². The van der Waals surface area contributed by atoms with Gasteiger partial charge in [0.1, 0.15) is 23.8 Å². The second-order valence-corrected chi connectivity index (χ2v) is 8.79. The number of hydrogen-bond donors (Lipinski definition) is 0. The lowest BCUT2D eigenvalue weighted by atomic mass is 10.1. The van der Waals surface area contributed by atoms with E-state index in [2.05, 4.69) is 4.90 Å². The van der Waals surface area contributed by atoms with Crippen molar-refractivity contribution in [1.29, 1.82) is 0 Å². The van der Waals surface area contributed by atoms with Crippen LogP contribution < -0.4 is 4.74 Å². The first-order valence-electron chi connectivity index (χ1n) is 8.17. The van der Waals surface area contributed by atoms with Gasteiger partial charge in [-0.05, 0) is 49.4 Å². The third kappa shape index (κ3) is 4.14. The molecule has 3 rings (SSSR count). The first-order chi connectivity index (χ1) is 11.7. The Balaban J connectivity index is 1.75. The van der Waals surface area contributed by atoms with Gasteiger partial charge in [0.15, 0.2) is 0 Å². The van der Waals surface area contributed by atoms with Crippen molar-refractivity contribution in [2.24, 2.45) is 0 Å². The number of ether oxygens (including phenoxy) is 2. The molecule has 0 unspecified atom stereocenters. The fourth-order valence-electron chi connectivity index (χ4n) is 3.05. The Morgan fingerprint density at radius 2 is 2.16 bits per heavy atom. The molecule has 0 aromatic heterocycles. The van der Waals surface area contributed by atoms with Crippen molar-refractivity contribution >= 4 is 40.3 Å². The number of benzene rings is 1. The summed E-state index contributed by atoms with van der Waals surface area (Å²) in [5, 5.41) is 0.319. The number of nitrogens with zero attached hydrogens (tertiary/aromatic N) is 2. The van der Waals surface area contributed by atoms with E-state index in [1.54, 1.807) is 4.90 Å². The molecule has 138 valence electrons. The van der Waals surface area contributed by atoms with Crippen LogP contribution in [0.25, 0.3) is 0 Å². The third-order valence-electron chi connectivity index (χ3n) is 4.24. The summed E-state index contributed by atoms with van der Waals surface area (Å²) < 4.78 is 25.7. The van der Waals surface area contributed by atoms with Gasteiger partial charge in [0.25, 0.3) is 0 Å².